The van der Waals surface area contributed by atoms with E-state index in [0.29, 0.717) is 35.3 Å². The third-order valence-corrected chi connectivity index (χ3v) is 3.87. The fourth-order valence-electron chi connectivity index (χ4n) is 2.34. The first-order valence-electron chi connectivity index (χ1n) is 8.25. The van der Waals surface area contributed by atoms with E-state index in [0.717, 1.165) is 0 Å². The fraction of sp³-hybridized carbons (Fsp3) is 0.368. The van der Waals surface area contributed by atoms with Crippen molar-refractivity contribution in [2.75, 3.05) is 0 Å². The van der Waals surface area contributed by atoms with Crippen LogP contribution in [0.15, 0.2) is 45.3 Å². The second kappa shape index (κ2) is 6.80. The maximum Gasteiger partial charge on any atom is 0.243 e. The highest BCUT2D eigenvalue weighted by Gasteiger charge is 2.23. The van der Waals surface area contributed by atoms with Crippen molar-refractivity contribution in [1.29, 1.82) is 0 Å². The van der Waals surface area contributed by atoms with E-state index in [9.17, 15) is 4.39 Å². The molecule has 1 unspecified atom stereocenters. The highest BCUT2D eigenvalue weighted by molar-refractivity contribution is 5.58. The van der Waals surface area contributed by atoms with Crippen LogP contribution in [-0.4, -0.2) is 10.1 Å². The molecule has 0 aliphatic carbocycles. The number of hydrogen-bond acceptors (Lipinski definition) is 5. The minimum Gasteiger partial charge on any atom is -0.460 e. The number of nitrogens with zero attached hydrogens (tertiary/aromatic N) is 2. The van der Waals surface area contributed by atoms with E-state index in [-0.39, 0.29) is 17.3 Å². The Bertz CT molecular complexity index is 848. The number of hydrogen-bond donors (Lipinski definition) is 1. The van der Waals surface area contributed by atoms with Gasteiger partial charge in [-0.1, -0.05) is 38.1 Å². The van der Waals surface area contributed by atoms with E-state index < -0.39 is 0 Å². The average Bonchev–Trinajstić information content (AvgIpc) is 3.22. The normalized spacial score (nSPS) is 13.2. The van der Waals surface area contributed by atoms with Crippen molar-refractivity contribution in [2.24, 2.45) is 0 Å². The predicted octanol–water partition coefficient (Wildman–Crippen LogP) is 4.62. The lowest BCUT2D eigenvalue weighted by atomic mass is 9.96. The van der Waals surface area contributed by atoms with Crippen molar-refractivity contribution >= 4 is 0 Å². The van der Waals surface area contributed by atoms with Gasteiger partial charge in [-0.3, -0.25) is 5.32 Å². The fourth-order valence-corrected chi connectivity index (χ4v) is 2.34. The van der Waals surface area contributed by atoms with Gasteiger partial charge in [0.15, 0.2) is 5.82 Å². The molecule has 6 heteroatoms. The molecule has 2 aromatic heterocycles. The lowest BCUT2D eigenvalue weighted by Crippen LogP contribution is -2.19. The Kier molecular flexibility index (Phi) is 4.72. The average molecular weight is 343 g/mol. The Morgan fingerprint density at radius 3 is 2.60 bits per heavy atom. The van der Waals surface area contributed by atoms with Crippen LogP contribution in [0.4, 0.5) is 4.39 Å². The quantitative estimate of drug-likeness (QED) is 0.732. The van der Waals surface area contributed by atoms with Crippen LogP contribution in [0.5, 0.6) is 0 Å². The van der Waals surface area contributed by atoms with Crippen molar-refractivity contribution in [3.05, 3.63) is 59.7 Å². The standard InChI is InChI=1S/C19H22FN3O2/c1-12(17-22-18(23-25-17)19(2,3)4)21-11-13-9-10-16(24-13)14-7-5-6-8-15(14)20/h5-10,12,21H,11H2,1-4H3. The largest absolute Gasteiger partial charge is 0.460 e. The Labute approximate surface area is 146 Å². The monoisotopic (exact) mass is 343 g/mol. The van der Waals surface area contributed by atoms with E-state index in [1.807, 2.05) is 33.8 Å². The van der Waals surface area contributed by atoms with Crippen molar-refractivity contribution in [3.8, 4) is 11.3 Å². The smallest absolute Gasteiger partial charge is 0.243 e. The van der Waals surface area contributed by atoms with Crippen molar-refractivity contribution < 1.29 is 13.3 Å². The summed E-state index contributed by atoms with van der Waals surface area (Å²) in [4.78, 5) is 4.44. The third kappa shape index (κ3) is 3.96. The van der Waals surface area contributed by atoms with Crippen molar-refractivity contribution in [2.45, 2.75) is 45.7 Å². The lowest BCUT2D eigenvalue weighted by molar-refractivity contribution is 0.326. The van der Waals surface area contributed by atoms with Crippen LogP contribution in [0.2, 0.25) is 0 Å². The van der Waals surface area contributed by atoms with Gasteiger partial charge in [0.05, 0.1) is 18.2 Å². The van der Waals surface area contributed by atoms with E-state index in [1.54, 1.807) is 24.3 Å². The Hall–Kier alpha value is -2.47. The van der Waals surface area contributed by atoms with Gasteiger partial charge in [0, 0.05) is 5.41 Å². The summed E-state index contributed by atoms with van der Waals surface area (Å²) in [6.07, 6.45) is 0. The zero-order valence-corrected chi connectivity index (χ0v) is 14.8. The summed E-state index contributed by atoms with van der Waals surface area (Å²) < 4.78 is 24.9. The molecular formula is C19H22FN3O2. The summed E-state index contributed by atoms with van der Waals surface area (Å²) >= 11 is 0. The third-order valence-electron chi connectivity index (χ3n) is 3.87. The summed E-state index contributed by atoms with van der Waals surface area (Å²) in [5, 5.41) is 7.30. The molecule has 0 saturated heterocycles. The van der Waals surface area contributed by atoms with Crippen LogP contribution in [0.25, 0.3) is 11.3 Å². The summed E-state index contributed by atoms with van der Waals surface area (Å²) in [7, 11) is 0. The Morgan fingerprint density at radius 1 is 1.16 bits per heavy atom. The number of halogens is 1. The second-order valence-corrected chi connectivity index (χ2v) is 7.05. The molecule has 132 valence electrons. The zero-order valence-electron chi connectivity index (χ0n) is 14.8. The molecule has 3 aromatic rings. The Balaban J connectivity index is 1.64. The summed E-state index contributed by atoms with van der Waals surface area (Å²) in [6, 6.07) is 10.0. The van der Waals surface area contributed by atoms with Crippen molar-refractivity contribution in [1.82, 2.24) is 15.5 Å². The van der Waals surface area contributed by atoms with Gasteiger partial charge in [0.2, 0.25) is 5.89 Å². The molecular weight excluding hydrogens is 321 g/mol. The number of furan rings is 1. The summed E-state index contributed by atoms with van der Waals surface area (Å²) in [6.45, 7) is 8.52. The van der Waals surface area contributed by atoms with Gasteiger partial charge in [-0.2, -0.15) is 4.98 Å². The minimum atomic E-state index is -0.301. The highest BCUT2D eigenvalue weighted by Crippen LogP contribution is 2.25. The summed E-state index contributed by atoms with van der Waals surface area (Å²) in [5.74, 6) is 2.13. The van der Waals surface area contributed by atoms with Gasteiger partial charge in [-0.25, -0.2) is 4.39 Å². The van der Waals surface area contributed by atoms with E-state index in [2.05, 4.69) is 15.5 Å². The van der Waals surface area contributed by atoms with Gasteiger partial charge in [0.1, 0.15) is 17.3 Å². The molecule has 0 spiro atoms. The van der Waals surface area contributed by atoms with Crippen LogP contribution < -0.4 is 5.32 Å². The predicted molar refractivity (Wildman–Crippen MR) is 92.4 cm³/mol. The highest BCUT2D eigenvalue weighted by atomic mass is 19.1. The maximum atomic E-state index is 13.8. The van der Waals surface area contributed by atoms with Crippen LogP contribution in [0.3, 0.4) is 0 Å². The maximum absolute atomic E-state index is 13.8. The second-order valence-electron chi connectivity index (χ2n) is 7.05. The number of aromatic nitrogens is 2. The molecule has 0 saturated carbocycles. The van der Waals surface area contributed by atoms with Gasteiger partial charge in [-0.15, -0.1) is 0 Å². The molecule has 25 heavy (non-hydrogen) atoms. The SMILES string of the molecule is CC(NCc1ccc(-c2ccccc2F)o1)c1nc(C(C)(C)C)no1. The molecule has 3 rings (SSSR count). The van der Waals surface area contributed by atoms with E-state index in [1.165, 1.54) is 6.07 Å². The van der Waals surface area contributed by atoms with Crippen LogP contribution in [0, 0.1) is 5.82 Å². The topological polar surface area (TPSA) is 64.1 Å². The van der Waals surface area contributed by atoms with Gasteiger partial charge < -0.3 is 8.94 Å². The van der Waals surface area contributed by atoms with Gasteiger partial charge in [0.25, 0.3) is 0 Å². The molecule has 0 aliphatic heterocycles. The van der Waals surface area contributed by atoms with Crippen molar-refractivity contribution in [3.63, 3.8) is 0 Å². The minimum absolute atomic E-state index is 0.120. The van der Waals surface area contributed by atoms with Gasteiger partial charge in [-0.05, 0) is 31.2 Å². The first kappa shape index (κ1) is 17.4. The molecule has 1 N–H and O–H groups in total. The molecule has 0 radical (unpaired) electrons. The van der Waals surface area contributed by atoms with Crippen LogP contribution in [0.1, 0.15) is 51.2 Å². The number of nitrogens with one attached hydrogen (secondary N) is 1. The number of benzene rings is 1. The molecule has 0 amide bonds. The number of rotatable bonds is 5. The lowest BCUT2D eigenvalue weighted by Gasteiger charge is -2.11. The molecule has 2 heterocycles. The van der Waals surface area contributed by atoms with Gasteiger partial charge >= 0.3 is 0 Å². The first-order valence-corrected chi connectivity index (χ1v) is 8.25. The van der Waals surface area contributed by atoms with E-state index in [4.69, 9.17) is 8.94 Å². The van der Waals surface area contributed by atoms with Crippen LogP contribution in [-0.2, 0) is 12.0 Å². The molecule has 0 fully saturated rings. The molecule has 1 aromatic carbocycles. The molecule has 0 bridgehead atoms. The summed E-state index contributed by atoms with van der Waals surface area (Å²) in [5.41, 5.74) is 0.297. The first-order chi connectivity index (χ1) is 11.8. The van der Waals surface area contributed by atoms with E-state index >= 15 is 0 Å². The molecule has 1 atom stereocenters. The Morgan fingerprint density at radius 2 is 1.92 bits per heavy atom. The van der Waals surface area contributed by atoms with Crippen LogP contribution >= 0.6 is 0 Å². The molecule has 0 aliphatic rings. The zero-order chi connectivity index (χ0) is 18.0. The molecule has 5 nitrogen and oxygen atoms in total.